The molecule has 0 radical (unpaired) electrons. The second-order valence-corrected chi connectivity index (χ2v) is 4.09. The molecule has 0 heterocycles. The third kappa shape index (κ3) is 3.81. The maximum atomic E-state index is 13.5. The molecule has 1 aromatic rings. The van der Waals surface area contributed by atoms with Crippen molar-refractivity contribution in [2.24, 2.45) is 0 Å². The second-order valence-electron chi connectivity index (χ2n) is 3.24. The fourth-order valence-electron chi connectivity index (χ4n) is 1.19. The van der Waals surface area contributed by atoms with E-state index in [0.29, 0.717) is 6.54 Å². The number of carbonyl (C=O) groups excluding carboxylic acids is 2. The van der Waals surface area contributed by atoms with Gasteiger partial charge in [0.25, 0.3) is 5.91 Å². The highest BCUT2D eigenvalue weighted by Crippen LogP contribution is 2.18. The van der Waals surface area contributed by atoms with Gasteiger partial charge in [-0.1, -0.05) is 6.07 Å². The van der Waals surface area contributed by atoms with Gasteiger partial charge in [0.2, 0.25) is 5.91 Å². The van der Waals surface area contributed by atoms with Gasteiger partial charge in [0.05, 0.1) is 16.6 Å². The number of halogens is 2. The maximum absolute atomic E-state index is 13.5. The number of hydrogen-bond acceptors (Lipinski definition) is 2. The predicted octanol–water partition coefficient (Wildman–Crippen LogP) is 1.45. The molecule has 0 saturated carbocycles. The highest BCUT2D eigenvalue weighted by atomic mass is 79.9. The molecule has 0 spiro atoms. The molecule has 0 bridgehead atoms. The third-order valence-electron chi connectivity index (χ3n) is 1.98. The number of nitrogens with one attached hydrogen (secondary N) is 2. The molecule has 2 amide bonds. The van der Waals surface area contributed by atoms with Crippen LogP contribution >= 0.6 is 15.9 Å². The molecule has 0 saturated heterocycles. The van der Waals surface area contributed by atoms with Crippen LogP contribution in [0.15, 0.2) is 22.7 Å². The number of benzene rings is 1. The monoisotopic (exact) mass is 302 g/mol. The fraction of sp³-hybridized carbons (Fsp3) is 0.273. The number of rotatable bonds is 4. The molecule has 0 fully saturated rings. The molecule has 0 atom stereocenters. The molecule has 17 heavy (non-hydrogen) atoms. The summed E-state index contributed by atoms with van der Waals surface area (Å²) >= 11 is 2.98. The Morgan fingerprint density at radius 2 is 2.06 bits per heavy atom. The minimum Gasteiger partial charge on any atom is -0.355 e. The van der Waals surface area contributed by atoms with Gasteiger partial charge in [-0.3, -0.25) is 9.59 Å². The van der Waals surface area contributed by atoms with Crippen LogP contribution < -0.4 is 10.6 Å². The van der Waals surface area contributed by atoms with Gasteiger partial charge in [0, 0.05) is 6.54 Å². The Morgan fingerprint density at radius 3 is 2.71 bits per heavy atom. The lowest BCUT2D eigenvalue weighted by Gasteiger charge is -2.06. The summed E-state index contributed by atoms with van der Waals surface area (Å²) in [5, 5.41) is 4.86. The van der Waals surface area contributed by atoms with Crippen LogP contribution in [0.3, 0.4) is 0 Å². The molecule has 0 aliphatic carbocycles. The van der Waals surface area contributed by atoms with E-state index in [0.717, 1.165) is 0 Å². The van der Waals surface area contributed by atoms with Gasteiger partial charge in [-0.2, -0.15) is 0 Å². The highest BCUT2D eigenvalue weighted by molar-refractivity contribution is 9.10. The quantitative estimate of drug-likeness (QED) is 0.884. The molecule has 0 unspecified atom stereocenters. The van der Waals surface area contributed by atoms with Crippen LogP contribution in [0.5, 0.6) is 0 Å². The minimum atomic E-state index is -0.638. The van der Waals surface area contributed by atoms with E-state index in [4.69, 9.17) is 0 Å². The Hall–Kier alpha value is -1.43. The van der Waals surface area contributed by atoms with Crippen molar-refractivity contribution in [3.05, 3.63) is 34.1 Å². The first-order chi connectivity index (χ1) is 8.06. The van der Waals surface area contributed by atoms with Gasteiger partial charge in [-0.15, -0.1) is 0 Å². The molecule has 1 aromatic carbocycles. The van der Waals surface area contributed by atoms with Crippen molar-refractivity contribution < 1.29 is 14.0 Å². The van der Waals surface area contributed by atoms with Gasteiger partial charge >= 0.3 is 0 Å². The summed E-state index contributed by atoms with van der Waals surface area (Å²) in [6.07, 6.45) is 0. The van der Waals surface area contributed by atoms with Crippen LogP contribution in [0, 0.1) is 5.82 Å². The Kier molecular flexibility index (Phi) is 5.09. The van der Waals surface area contributed by atoms with Crippen LogP contribution in [0.25, 0.3) is 0 Å². The van der Waals surface area contributed by atoms with Crippen LogP contribution in [-0.4, -0.2) is 24.9 Å². The summed E-state index contributed by atoms with van der Waals surface area (Å²) in [6.45, 7) is 2.09. The molecule has 92 valence electrons. The zero-order valence-electron chi connectivity index (χ0n) is 9.22. The maximum Gasteiger partial charge on any atom is 0.254 e. The summed E-state index contributed by atoms with van der Waals surface area (Å²) in [4.78, 5) is 22.7. The first kappa shape index (κ1) is 13.6. The van der Waals surface area contributed by atoms with Crippen molar-refractivity contribution in [1.29, 1.82) is 0 Å². The van der Waals surface area contributed by atoms with Crippen LogP contribution in [-0.2, 0) is 4.79 Å². The van der Waals surface area contributed by atoms with Gasteiger partial charge in [0.15, 0.2) is 0 Å². The average molecular weight is 303 g/mol. The number of likely N-dealkylation sites (N-methyl/N-ethyl adjacent to an activating group) is 1. The smallest absolute Gasteiger partial charge is 0.254 e. The van der Waals surface area contributed by atoms with E-state index in [9.17, 15) is 14.0 Å². The molecule has 1 rings (SSSR count). The van der Waals surface area contributed by atoms with E-state index in [1.807, 2.05) is 0 Å². The molecule has 6 heteroatoms. The summed E-state index contributed by atoms with van der Waals surface area (Å²) in [6, 6.07) is 4.40. The van der Waals surface area contributed by atoms with Crippen molar-refractivity contribution in [2.75, 3.05) is 13.1 Å². The van der Waals surface area contributed by atoms with Gasteiger partial charge in [-0.25, -0.2) is 4.39 Å². The minimum absolute atomic E-state index is 0.0938. The summed E-state index contributed by atoms with van der Waals surface area (Å²) in [5.41, 5.74) is -0.0938. The zero-order valence-corrected chi connectivity index (χ0v) is 10.8. The Bertz CT molecular complexity index is 437. The van der Waals surface area contributed by atoms with E-state index in [-0.39, 0.29) is 22.5 Å². The molecule has 4 nitrogen and oxygen atoms in total. The van der Waals surface area contributed by atoms with Crippen molar-refractivity contribution in [2.45, 2.75) is 6.92 Å². The van der Waals surface area contributed by atoms with Crippen molar-refractivity contribution in [1.82, 2.24) is 10.6 Å². The van der Waals surface area contributed by atoms with Crippen molar-refractivity contribution >= 4 is 27.7 Å². The topological polar surface area (TPSA) is 58.2 Å². The highest BCUT2D eigenvalue weighted by Gasteiger charge is 2.14. The lowest BCUT2D eigenvalue weighted by molar-refractivity contribution is -0.120. The Labute approximate surface area is 107 Å². The molecule has 0 aliphatic rings. The van der Waals surface area contributed by atoms with E-state index >= 15 is 0 Å². The van der Waals surface area contributed by atoms with Crippen molar-refractivity contribution in [3.63, 3.8) is 0 Å². The van der Waals surface area contributed by atoms with Gasteiger partial charge < -0.3 is 10.6 Å². The summed E-state index contributed by atoms with van der Waals surface area (Å²) < 4.78 is 13.7. The third-order valence-corrected chi connectivity index (χ3v) is 2.59. The van der Waals surface area contributed by atoms with Crippen LogP contribution in [0.1, 0.15) is 17.3 Å². The van der Waals surface area contributed by atoms with E-state index < -0.39 is 11.7 Å². The average Bonchev–Trinajstić information content (AvgIpc) is 2.30. The lowest BCUT2D eigenvalue weighted by Crippen LogP contribution is -2.37. The first-order valence-electron chi connectivity index (χ1n) is 5.05. The van der Waals surface area contributed by atoms with Gasteiger partial charge in [-0.05, 0) is 35.0 Å². The van der Waals surface area contributed by atoms with Gasteiger partial charge in [0.1, 0.15) is 5.82 Å². The van der Waals surface area contributed by atoms with Crippen LogP contribution in [0.4, 0.5) is 4.39 Å². The predicted molar refractivity (Wildman–Crippen MR) is 65.1 cm³/mol. The Balaban J connectivity index is 2.64. The second kappa shape index (κ2) is 6.34. The normalized spacial score (nSPS) is 9.82. The largest absolute Gasteiger partial charge is 0.355 e. The number of hydrogen-bond donors (Lipinski definition) is 2. The standard InChI is InChI=1S/C11H12BrFN2O2/c1-2-14-9(16)6-15-11(17)7-4-3-5-8(12)10(7)13/h3-5H,2,6H2,1H3,(H,14,16)(H,15,17). The van der Waals surface area contributed by atoms with Crippen LogP contribution in [0.2, 0.25) is 0 Å². The fourth-order valence-corrected chi connectivity index (χ4v) is 1.56. The number of carbonyl (C=O) groups is 2. The van der Waals surface area contributed by atoms with E-state index in [1.165, 1.54) is 12.1 Å². The molecule has 0 aromatic heterocycles. The SMILES string of the molecule is CCNC(=O)CNC(=O)c1cccc(Br)c1F. The van der Waals surface area contributed by atoms with E-state index in [1.54, 1.807) is 13.0 Å². The zero-order chi connectivity index (χ0) is 12.8. The summed E-state index contributed by atoms with van der Waals surface area (Å²) in [5.74, 6) is -1.56. The molecular formula is C11H12BrFN2O2. The van der Waals surface area contributed by atoms with E-state index in [2.05, 4.69) is 26.6 Å². The Morgan fingerprint density at radius 1 is 1.35 bits per heavy atom. The lowest BCUT2D eigenvalue weighted by atomic mass is 10.2. The van der Waals surface area contributed by atoms with Crippen molar-refractivity contribution in [3.8, 4) is 0 Å². The molecule has 0 aliphatic heterocycles. The number of amides is 2. The molecule has 2 N–H and O–H groups in total. The summed E-state index contributed by atoms with van der Waals surface area (Å²) in [7, 11) is 0. The first-order valence-corrected chi connectivity index (χ1v) is 5.84. The molecular weight excluding hydrogens is 291 g/mol.